The molecule has 1 unspecified atom stereocenters. The summed E-state index contributed by atoms with van der Waals surface area (Å²) in [4.78, 5) is 0. The van der Waals surface area contributed by atoms with Gasteiger partial charge in [-0.1, -0.05) is 29.3 Å². The van der Waals surface area contributed by atoms with Gasteiger partial charge >= 0.3 is 0 Å². The van der Waals surface area contributed by atoms with Gasteiger partial charge in [-0.3, -0.25) is 0 Å². The van der Waals surface area contributed by atoms with Crippen LogP contribution >= 0.6 is 23.2 Å². The Hall–Kier alpha value is -1.00. The lowest BCUT2D eigenvalue weighted by Crippen LogP contribution is -2.12. The minimum Gasteiger partial charge on any atom is -0.462 e. The molecule has 0 aliphatic rings. The Bertz CT molecular complexity index is 519. The zero-order valence-electron chi connectivity index (χ0n) is 9.82. The van der Waals surface area contributed by atoms with E-state index in [0.717, 1.165) is 0 Å². The zero-order valence-corrected chi connectivity index (χ0v) is 11.3. The van der Waals surface area contributed by atoms with E-state index < -0.39 is 6.04 Å². The van der Waals surface area contributed by atoms with Gasteiger partial charge in [0.1, 0.15) is 18.1 Å². The van der Waals surface area contributed by atoms with Crippen LogP contribution in [-0.4, -0.2) is 7.11 Å². The van der Waals surface area contributed by atoms with E-state index in [0.29, 0.717) is 33.7 Å². The molecule has 2 N–H and O–H groups in total. The van der Waals surface area contributed by atoms with E-state index in [1.165, 1.54) is 0 Å². The Morgan fingerprint density at radius 3 is 2.50 bits per heavy atom. The van der Waals surface area contributed by atoms with Gasteiger partial charge < -0.3 is 14.9 Å². The highest BCUT2D eigenvalue weighted by Gasteiger charge is 2.19. The Kier molecular flexibility index (Phi) is 4.30. The molecule has 0 amide bonds. The van der Waals surface area contributed by atoms with E-state index in [1.54, 1.807) is 31.4 Å². The van der Waals surface area contributed by atoms with Gasteiger partial charge in [0, 0.05) is 22.7 Å². The van der Waals surface area contributed by atoms with Gasteiger partial charge in [0.15, 0.2) is 0 Å². The Labute approximate surface area is 115 Å². The molecule has 0 bridgehead atoms. The molecule has 1 heterocycles. The average molecular weight is 286 g/mol. The van der Waals surface area contributed by atoms with Crippen molar-refractivity contribution in [3.8, 4) is 0 Å². The molecular formula is C13H13Cl2NO2. The third-order valence-electron chi connectivity index (χ3n) is 2.59. The van der Waals surface area contributed by atoms with E-state index in [9.17, 15) is 0 Å². The Morgan fingerprint density at radius 2 is 1.89 bits per heavy atom. The highest BCUT2D eigenvalue weighted by atomic mass is 35.5. The first-order chi connectivity index (χ1) is 8.63. The molecule has 2 rings (SSSR count). The third-order valence-corrected chi connectivity index (χ3v) is 3.25. The molecule has 2 aromatic rings. The zero-order chi connectivity index (χ0) is 13.1. The minimum absolute atomic E-state index is 0.406. The van der Waals surface area contributed by atoms with Crippen molar-refractivity contribution in [3.63, 3.8) is 0 Å². The maximum absolute atomic E-state index is 6.12. The van der Waals surface area contributed by atoms with Crippen molar-refractivity contribution in [2.24, 2.45) is 5.73 Å². The maximum Gasteiger partial charge on any atom is 0.129 e. The second kappa shape index (κ2) is 5.76. The van der Waals surface area contributed by atoms with Crippen molar-refractivity contribution in [1.82, 2.24) is 0 Å². The third kappa shape index (κ3) is 2.70. The molecule has 0 saturated heterocycles. The van der Waals surface area contributed by atoms with Crippen LogP contribution in [0.3, 0.4) is 0 Å². The van der Waals surface area contributed by atoms with E-state index in [2.05, 4.69) is 0 Å². The molecule has 3 nitrogen and oxygen atoms in total. The SMILES string of the molecule is COCc1ccc(C(N)c2c(Cl)cccc2Cl)o1. The fourth-order valence-corrected chi connectivity index (χ4v) is 2.36. The number of furan rings is 1. The molecule has 0 saturated carbocycles. The number of benzene rings is 1. The normalized spacial score (nSPS) is 12.7. The molecule has 0 aliphatic carbocycles. The minimum atomic E-state index is -0.489. The number of hydrogen-bond acceptors (Lipinski definition) is 3. The van der Waals surface area contributed by atoms with Gasteiger partial charge in [0.2, 0.25) is 0 Å². The molecule has 0 spiro atoms. The smallest absolute Gasteiger partial charge is 0.129 e. The van der Waals surface area contributed by atoms with Crippen LogP contribution in [0.4, 0.5) is 0 Å². The number of ether oxygens (including phenoxy) is 1. The summed E-state index contributed by atoms with van der Waals surface area (Å²) in [5.41, 5.74) is 6.79. The summed E-state index contributed by atoms with van der Waals surface area (Å²) >= 11 is 12.2. The van der Waals surface area contributed by atoms with Gasteiger partial charge in [-0.2, -0.15) is 0 Å². The second-order valence-electron chi connectivity index (χ2n) is 3.85. The van der Waals surface area contributed by atoms with Crippen LogP contribution in [0.25, 0.3) is 0 Å². The highest BCUT2D eigenvalue weighted by molar-refractivity contribution is 6.36. The van der Waals surface area contributed by atoms with Crippen LogP contribution in [0.15, 0.2) is 34.7 Å². The molecule has 0 aliphatic heterocycles. The van der Waals surface area contributed by atoms with Crippen molar-refractivity contribution in [2.75, 3.05) is 7.11 Å². The predicted molar refractivity (Wildman–Crippen MR) is 71.9 cm³/mol. The average Bonchev–Trinajstić information content (AvgIpc) is 2.78. The highest BCUT2D eigenvalue weighted by Crippen LogP contribution is 2.33. The molecular weight excluding hydrogens is 273 g/mol. The lowest BCUT2D eigenvalue weighted by Gasteiger charge is -2.13. The Morgan fingerprint density at radius 1 is 1.22 bits per heavy atom. The lowest BCUT2D eigenvalue weighted by atomic mass is 10.1. The topological polar surface area (TPSA) is 48.4 Å². The molecule has 5 heteroatoms. The first kappa shape index (κ1) is 13.4. The molecule has 18 heavy (non-hydrogen) atoms. The fourth-order valence-electron chi connectivity index (χ4n) is 1.73. The van der Waals surface area contributed by atoms with E-state index in [-0.39, 0.29) is 0 Å². The molecule has 1 aromatic heterocycles. The summed E-state index contributed by atoms with van der Waals surface area (Å²) in [5, 5.41) is 1.05. The van der Waals surface area contributed by atoms with Crippen molar-refractivity contribution in [1.29, 1.82) is 0 Å². The predicted octanol–water partition coefficient (Wildman–Crippen LogP) is 3.78. The maximum atomic E-state index is 6.12. The van der Waals surface area contributed by atoms with Crippen LogP contribution < -0.4 is 5.73 Å². The number of rotatable bonds is 4. The summed E-state index contributed by atoms with van der Waals surface area (Å²) in [5.74, 6) is 1.32. The van der Waals surface area contributed by atoms with E-state index in [1.807, 2.05) is 6.07 Å². The lowest BCUT2D eigenvalue weighted by molar-refractivity contribution is 0.162. The van der Waals surface area contributed by atoms with Crippen LogP contribution in [0.2, 0.25) is 10.0 Å². The van der Waals surface area contributed by atoms with E-state index >= 15 is 0 Å². The number of nitrogens with two attached hydrogens (primary N) is 1. The molecule has 96 valence electrons. The van der Waals surface area contributed by atoms with Crippen molar-refractivity contribution in [3.05, 3.63) is 57.5 Å². The molecule has 0 radical (unpaired) electrons. The van der Waals surface area contributed by atoms with Crippen molar-refractivity contribution in [2.45, 2.75) is 12.6 Å². The van der Waals surface area contributed by atoms with Gasteiger partial charge in [-0.05, 0) is 24.3 Å². The molecule has 0 fully saturated rings. The van der Waals surface area contributed by atoms with Crippen molar-refractivity contribution < 1.29 is 9.15 Å². The molecule has 1 atom stereocenters. The van der Waals surface area contributed by atoms with Crippen molar-refractivity contribution >= 4 is 23.2 Å². The molecule has 1 aromatic carbocycles. The first-order valence-corrected chi connectivity index (χ1v) is 6.16. The summed E-state index contributed by atoms with van der Waals surface area (Å²) in [6.07, 6.45) is 0. The Balaban J connectivity index is 2.32. The van der Waals surface area contributed by atoms with Crippen LogP contribution in [0, 0.1) is 0 Å². The number of methoxy groups -OCH3 is 1. The van der Waals surface area contributed by atoms with Crippen LogP contribution in [0.5, 0.6) is 0 Å². The fraction of sp³-hybridized carbons (Fsp3) is 0.231. The standard InChI is InChI=1S/C13H13Cl2NO2/c1-17-7-8-5-6-11(18-8)13(16)12-9(14)3-2-4-10(12)15/h2-6,13H,7,16H2,1H3. The van der Waals surface area contributed by atoms with Crippen LogP contribution in [-0.2, 0) is 11.3 Å². The largest absolute Gasteiger partial charge is 0.462 e. The number of halogens is 2. The number of hydrogen-bond donors (Lipinski definition) is 1. The quantitative estimate of drug-likeness (QED) is 0.930. The van der Waals surface area contributed by atoms with Crippen LogP contribution in [0.1, 0.15) is 23.1 Å². The summed E-state index contributed by atoms with van der Waals surface area (Å²) < 4.78 is 10.6. The summed E-state index contributed by atoms with van der Waals surface area (Å²) in [6.45, 7) is 0.406. The van der Waals surface area contributed by atoms with Gasteiger partial charge in [0.25, 0.3) is 0 Å². The monoisotopic (exact) mass is 285 g/mol. The van der Waals surface area contributed by atoms with Gasteiger partial charge in [0.05, 0.1) is 6.04 Å². The van der Waals surface area contributed by atoms with E-state index in [4.69, 9.17) is 38.1 Å². The second-order valence-corrected chi connectivity index (χ2v) is 4.66. The summed E-state index contributed by atoms with van der Waals surface area (Å²) in [6, 6.07) is 8.42. The summed E-state index contributed by atoms with van der Waals surface area (Å²) in [7, 11) is 1.60. The first-order valence-electron chi connectivity index (χ1n) is 5.40. The van der Waals surface area contributed by atoms with Gasteiger partial charge in [-0.25, -0.2) is 0 Å². The van der Waals surface area contributed by atoms with Gasteiger partial charge in [-0.15, -0.1) is 0 Å².